The molecule has 0 saturated heterocycles. The van der Waals surface area contributed by atoms with Crippen molar-refractivity contribution in [2.24, 2.45) is 0 Å². The quantitative estimate of drug-likeness (QED) is 0.795. The van der Waals surface area contributed by atoms with Gasteiger partial charge in [0, 0.05) is 10.8 Å². The van der Waals surface area contributed by atoms with Crippen molar-refractivity contribution in [3.05, 3.63) is 35.9 Å². The largest absolute Gasteiger partial charge is 0.297 e. The van der Waals surface area contributed by atoms with Gasteiger partial charge < -0.3 is 0 Å². The molecule has 21 heavy (non-hydrogen) atoms. The Kier molecular flexibility index (Phi) is 4.07. The van der Waals surface area contributed by atoms with Gasteiger partial charge in [-0.3, -0.25) is 8.37 Å². The second kappa shape index (κ2) is 5.38. The van der Waals surface area contributed by atoms with Crippen molar-refractivity contribution in [2.45, 2.75) is 16.7 Å². The predicted octanol–water partition coefficient (Wildman–Crippen LogP) is 1.82. The lowest BCUT2D eigenvalue weighted by Gasteiger charge is -2.11. The number of hydrogen-bond acceptors (Lipinski definition) is 6. The Labute approximate surface area is 123 Å². The van der Waals surface area contributed by atoms with Gasteiger partial charge in [-0.25, -0.2) is 0 Å². The topological polar surface area (TPSA) is 86.7 Å². The molecule has 0 atom stereocenters. The predicted molar refractivity (Wildman–Crippen MR) is 77.1 cm³/mol. The van der Waals surface area contributed by atoms with Crippen molar-refractivity contribution in [1.82, 2.24) is 0 Å². The molecule has 0 fully saturated rings. The lowest BCUT2D eigenvalue weighted by Crippen LogP contribution is -2.07. The van der Waals surface area contributed by atoms with Gasteiger partial charge in [0.15, 0.2) is 0 Å². The van der Waals surface area contributed by atoms with E-state index in [1.165, 1.54) is 24.3 Å². The molecule has 2 rings (SSSR count). The molecule has 0 heterocycles. The van der Waals surface area contributed by atoms with E-state index in [0.29, 0.717) is 5.56 Å². The summed E-state index contributed by atoms with van der Waals surface area (Å²) in [5, 5.41) is 0.538. The Bertz CT molecular complexity index is 898. The molecule has 0 bridgehead atoms. The van der Waals surface area contributed by atoms with Crippen LogP contribution in [0.4, 0.5) is 0 Å². The van der Waals surface area contributed by atoms with E-state index in [-0.39, 0.29) is 20.6 Å². The summed E-state index contributed by atoms with van der Waals surface area (Å²) in [7, 11) is -5.79. The first-order valence-electron chi connectivity index (χ1n) is 5.87. The van der Waals surface area contributed by atoms with Crippen LogP contribution in [0.3, 0.4) is 0 Å². The molecule has 0 saturated carbocycles. The van der Waals surface area contributed by atoms with E-state index in [1.807, 2.05) is 0 Å². The van der Waals surface area contributed by atoms with Gasteiger partial charge in [-0.05, 0) is 30.7 Å². The van der Waals surface area contributed by atoms with Gasteiger partial charge >= 0.3 is 0 Å². The fourth-order valence-electron chi connectivity index (χ4n) is 2.07. The third kappa shape index (κ3) is 2.80. The minimum absolute atomic E-state index is 0.0758. The Morgan fingerprint density at radius 2 is 1.38 bits per heavy atom. The van der Waals surface area contributed by atoms with Gasteiger partial charge in [-0.1, -0.05) is 12.1 Å². The van der Waals surface area contributed by atoms with Gasteiger partial charge in [0.2, 0.25) is 0 Å². The van der Waals surface area contributed by atoms with Gasteiger partial charge in [-0.15, -0.1) is 0 Å². The highest BCUT2D eigenvalue weighted by Gasteiger charge is 2.22. The molecule has 0 aliphatic rings. The number of aryl methyl sites for hydroxylation is 1. The van der Waals surface area contributed by atoms with Gasteiger partial charge in [0.1, 0.15) is 9.79 Å². The molecule has 0 radical (unpaired) electrons. The number of hydrogen-bond donors (Lipinski definition) is 0. The minimum atomic E-state index is -3.95. The SMILES string of the molecule is COS(=O)(=O)c1cc(C)cc2c(S(=O)(=O)OC)cccc12. The van der Waals surface area contributed by atoms with E-state index in [1.54, 1.807) is 13.0 Å². The van der Waals surface area contributed by atoms with Crippen molar-refractivity contribution in [2.75, 3.05) is 14.2 Å². The van der Waals surface area contributed by atoms with Crippen molar-refractivity contribution in [3.8, 4) is 0 Å². The second-order valence-corrected chi connectivity index (χ2v) is 7.72. The summed E-state index contributed by atoms with van der Waals surface area (Å²) in [5.74, 6) is 0. The van der Waals surface area contributed by atoms with Crippen LogP contribution in [-0.4, -0.2) is 31.1 Å². The van der Waals surface area contributed by atoms with Crippen LogP contribution in [0.1, 0.15) is 5.56 Å². The summed E-state index contributed by atoms with van der Waals surface area (Å²) >= 11 is 0. The molecule has 2 aromatic rings. The molecule has 114 valence electrons. The Balaban J connectivity index is 2.99. The normalized spacial score (nSPS) is 12.7. The molecule has 0 N–H and O–H groups in total. The summed E-state index contributed by atoms with van der Waals surface area (Å²) in [6, 6.07) is 7.37. The number of benzene rings is 2. The first kappa shape index (κ1) is 15.9. The molecule has 2 aromatic carbocycles. The van der Waals surface area contributed by atoms with Crippen LogP contribution in [0.15, 0.2) is 40.1 Å². The van der Waals surface area contributed by atoms with Crippen LogP contribution >= 0.6 is 0 Å². The zero-order valence-corrected chi connectivity index (χ0v) is 13.3. The number of rotatable bonds is 4. The average molecular weight is 330 g/mol. The molecular formula is C13H14O6S2. The molecule has 0 aliphatic heterocycles. The molecule has 0 amide bonds. The Morgan fingerprint density at radius 1 is 0.810 bits per heavy atom. The van der Waals surface area contributed by atoms with Crippen LogP contribution in [-0.2, 0) is 28.6 Å². The molecule has 0 unspecified atom stereocenters. The smallest absolute Gasteiger partial charge is 0.270 e. The van der Waals surface area contributed by atoms with Crippen LogP contribution in [0.2, 0.25) is 0 Å². The van der Waals surface area contributed by atoms with Crippen LogP contribution in [0.5, 0.6) is 0 Å². The maximum atomic E-state index is 12.0. The minimum Gasteiger partial charge on any atom is -0.270 e. The maximum absolute atomic E-state index is 12.0. The van der Waals surface area contributed by atoms with E-state index in [2.05, 4.69) is 8.37 Å². The summed E-state index contributed by atoms with van der Waals surface area (Å²) in [5.41, 5.74) is 0.594. The zero-order valence-electron chi connectivity index (χ0n) is 11.7. The molecule has 0 aliphatic carbocycles. The van der Waals surface area contributed by atoms with E-state index >= 15 is 0 Å². The van der Waals surface area contributed by atoms with Crippen LogP contribution in [0.25, 0.3) is 10.8 Å². The highest BCUT2D eigenvalue weighted by molar-refractivity contribution is 7.87. The third-order valence-electron chi connectivity index (χ3n) is 3.04. The average Bonchev–Trinajstić information content (AvgIpc) is 2.45. The monoisotopic (exact) mass is 330 g/mol. The first-order valence-corrected chi connectivity index (χ1v) is 8.69. The first-order chi connectivity index (χ1) is 9.73. The van der Waals surface area contributed by atoms with Crippen molar-refractivity contribution >= 4 is 31.0 Å². The summed E-state index contributed by atoms with van der Waals surface area (Å²) < 4.78 is 56.9. The standard InChI is InChI=1S/C13H14O6S2/c1-9-7-11-10(13(8-9)21(16,17)19-3)5-4-6-12(11)20(14,15)18-2/h4-8H,1-3H3. The van der Waals surface area contributed by atoms with Crippen molar-refractivity contribution < 1.29 is 25.2 Å². The van der Waals surface area contributed by atoms with E-state index < -0.39 is 20.2 Å². The van der Waals surface area contributed by atoms with Gasteiger partial charge in [0.05, 0.1) is 14.2 Å². The van der Waals surface area contributed by atoms with Crippen molar-refractivity contribution in [3.63, 3.8) is 0 Å². The fourth-order valence-corrected chi connectivity index (χ4v) is 3.89. The van der Waals surface area contributed by atoms with E-state index in [4.69, 9.17) is 0 Å². The Hall–Kier alpha value is -1.48. The van der Waals surface area contributed by atoms with Crippen LogP contribution in [0, 0.1) is 6.92 Å². The molecule has 0 aromatic heterocycles. The second-order valence-electron chi connectivity index (χ2n) is 4.36. The molecule has 8 heteroatoms. The number of fused-ring (bicyclic) bond motifs is 1. The lowest BCUT2D eigenvalue weighted by molar-refractivity contribution is 0.397. The van der Waals surface area contributed by atoms with Gasteiger partial charge in [0.25, 0.3) is 20.2 Å². The Morgan fingerprint density at radius 3 is 1.95 bits per heavy atom. The zero-order chi connectivity index (χ0) is 15.8. The highest BCUT2D eigenvalue weighted by Crippen LogP contribution is 2.31. The summed E-state index contributed by atoms with van der Waals surface area (Å²) in [4.78, 5) is -0.160. The summed E-state index contributed by atoms with van der Waals surface area (Å²) in [6.07, 6.45) is 0. The molecular weight excluding hydrogens is 316 g/mol. The van der Waals surface area contributed by atoms with E-state index in [0.717, 1.165) is 14.2 Å². The fraction of sp³-hybridized carbons (Fsp3) is 0.231. The summed E-state index contributed by atoms with van der Waals surface area (Å²) in [6.45, 7) is 1.67. The van der Waals surface area contributed by atoms with Crippen molar-refractivity contribution in [1.29, 1.82) is 0 Å². The van der Waals surface area contributed by atoms with Crippen LogP contribution < -0.4 is 0 Å². The lowest BCUT2D eigenvalue weighted by atomic mass is 10.1. The highest BCUT2D eigenvalue weighted by atomic mass is 32.2. The molecule has 6 nitrogen and oxygen atoms in total. The third-order valence-corrected chi connectivity index (χ3v) is 5.69. The van der Waals surface area contributed by atoms with Gasteiger partial charge in [-0.2, -0.15) is 16.8 Å². The molecule has 0 spiro atoms. The van der Waals surface area contributed by atoms with E-state index in [9.17, 15) is 16.8 Å². The maximum Gasteiger partial charge on any atom is 0.297 e.